The number of aryl methyl sites for hydroxylation is 1. The Kier molecular flexibility index (Phi) is 3.48. The number of hydrogen-bond donors (Lipinski definition) is 1. The van der Waals surface area contributed by atoms with E-state index < -0.39 is 0 Å². The number of rotatable bonds is 3. The lowest BCUT2D eigenvalue weighted by molar-refractivity contribution is 0.498. The molecule has 0 saturated heterocycles. The summed E-state index contributed by atoms with van der Waals surface area (Å²) in [5, 5.41) is 4.25. The minimum Gasteiger partial charge on any atom is -0.319 e. The first-order valence-electron chi connectivity index (χ1n) is 6.05. The molecule has 0 fully saturated rings. The summed E-state index contributed by atoms with van der Waals surface area (Å²) in [6, 6.07) is 6.64. The van der Waals surface area contributed by atoms with Crippen LogP contribution in [0.2, 0.25) is 0 Å². The van der Waals surface area contributed by atoms with E-state index >= 15 is 0 Å². The van der Waals surface area contributed by atoms with Crippen molar-refractivity contribution >= 4 is 0 Å². The molecule has 1 aromatic heterocycles. The SMILES string of the molecule is Cc1cc(F)cc(C(N)c2ccnn2C(C)C)c1. The minimum absolute atomic E-state index is 0.232. The van der Waals surface area contributed by atoms with Crippen LogP contribution in [-0.4, -0.2) is 9.78 Å². The fourth-order valence-corrected chi connectivity index (χ4v) is 2.12. The van der Waals surface area contributed by atoms with E-state index in [9.17, 15) is 4.39 Å². The molecule has 0 saturated carbocycles. The third kappa shape index (κ3) is 2.43. The van der Waals surface area contributed by atoms with Gasteiger partial charge in [-0.3, -0.25) is 4.68 Å². The second-order valence-corrected chi connectivity index (χ2v) is 4.83. The third-order valence-electron chi connectivity index (χ3n) is 2.93. The normalized spacial score (nSPS) is 13.0. The lowest BCUT2D eigenvalue weighted by Crippen LogP contribution is -2.19. The van der Waals surface area contributed by atoms with Crippen molar-refractivity contribution < 1.29 is 4.39 Å². The fraction of sp³-hybridized carbons (Fsp3) is 0.357. The van der Waals surface area contributed by atoms with Crippen molar-refractivity contribution in [3.05, 3.63) is 53.1 Å². The third-order valence-corrected chi connectivity index (χ3v) is 2.93. The van der Waals surface area contributed by atoms with E-state index in [-0.39, 0.29) is 17.9 Å². The first-order valence-corrected chi connectivity index (χ1v) is 6.05. The van der Waals surface area contributed by atoms with Gasteiger partial charge in [0.05, 0.1) is 11.7 Å². The number of aromatic nitrogens is 2. The van der Waals surface area contributed by atoms with Gasteiger partial charge in [-0.05, 0) is 50.1 Å². The zero-order valence-corrected chi connectivity index (χ0v) is 10.9. The van der Waals surface area contributed by atoms with Gasteiger partial charge in [-0.15, -0.1) is 0 Å². The quantitative estimate of drug-likeness (QED) is 0.906. The standard InChI is InChI=1S/C14H18FN3/c1-9(2)18-13(4-5-17-18)14(16)11-6-10(3)7-12(15)8-11/h4-9,14H,16H2,1-3H3. The summed E-state index contributed by atoms with van der Waals surface area (Å²) < 4.78 is 15.3. The molecule has 1 atom stereocenters. The summed E-state index contributed by atoms with van der Waals surface area (Å²) in [5.74, 6) is -0.254. The van der Waals surface area contributed by atoms with Gasteiger partial charge in [0, 0.05) is 12.2 Å². The Morgan fingerprint density at radius 1 is 1.28 bits per heavy atom. The first kappa shape index (κ1) is 12.8. The van der Waals surface area contributed by atoms with Crippen LogP contribution in [0.5, 0.6) is 0 Å². The molecule has 0 bridgehead atoms. The van der Waals surface area contributed by atoms with Crippen LogP contribution >= 0.6 is 0 Å². The molecule has 0 radical (unpaired) electrons. The summed E-state index contributed by atoms with van der Waals surface area (Å²) in [6.45, 7) is 5.94. The molecule has 1 aromatic carbocycles. The average molecular weight is 247 g/mol. The summed E-state index contributed by atoms with van der Waals surface area (Å²) >= 11 is 0. The van der Waals surface area contributed by atoms with Gasteiger partial charge in [0.25, 0.3) is 0 Å². The van der Waals surface area contributed by atoms with Gasteiger partial charge in [0.2, 0.25) is 0 Å². The largest absolute Gasteiger partial charge is 0.319 e. The molecule has 0 amide bonds. The van der Waals surface area contributed by atoms with Gasteiger partial charge in [-0.25, -0.2) is 4.39 Å². The molecule has 2 N–H and O–H groups in total. The van der Waals surface area contributed by atoms with Gasteiger partial charge in [-0.1, -0.05) is 6.07 Å². The lowest BCUT2D eigenvalue weighted by Gasteiger charge is -2.17. The highest BCUT2D eigenvalue weighted by molar-refractivity contribution is 5.31. The summed E-state index contributed by atoms with van der Waals surface area (Å²) in [6.07, 6.45) is 1.72. The predicted octanol–water partition coefficient (Wildman–Crippen LogP) is 2.96. The molecular formula is C14H18FN3. The number of halogens is 1. The van der Waals surface area contributed by atoms with E-state index in [1.807, 2.05) is 37.6 Å². The average Bonchev–Trinajstić information content (AvgIpc) is 2.75. The molecule has 4 heteroatoms. The zero-order valence-electron chi connectivity index (χ0n) is 10.9. The second-order valence-electron chi connectivity index (χ2n) is 4.83. The van der Waals surface area contributed by atoms with E-state index in [4.69, 9.17) is 5.73 Å². The predicted molar refractivity (Wildman–Crippen MR) is 69.8 cm³/mol. The van der Waals surface area contributed by atoms with Crippen LogP contribution in [0.15, 0.2) is 30.5 Å². The lowest BCUT2D eigenvalue weighted by atomic mass is 10.0. The molecule has 0 aliphatic carbocycles. The van der Waals surface area contributed by atoms with Gasteiger partial charge in [0.1, 0.15) is 5.82 Å². The van der Waals surface area contributed by atoms with Crippen molar-refractivity contribution in [3.63, 3.8) is 0 Å². The topological polar surface area (TPSA) is 43.8 Å². The molecule has 0 spiro atoms. The summed E-state index contributed by atoms with van der Waals surface area (Å²) in [5.41, 5.74) is 8.75. The Morgan fingerprint density at radius 2 is 2.00 bits per heavy atom. The monoisotopic (exact) mass is 247 g/mol. The zero-order chi connectivity index (χ0) is 13.3. The second kappa shape index (κ2) is 4.90. The summed E-state index contributed by atoms with van der Waals surface area (Å²) in [7, 11) is 0. The maximum atomic E-state index is 13.4. The Labute approximate surface area is 106 Å². The van der Waals surface area contributed by atoms with Crippen LogP contribution in [-0.2, 0) is 0 Å². The maximum Gasteiger partial charge on any atom is 0.123 e. The molecular weight excluding hydrogens is 229 g/mol. The molecule has 0 aliphatic rings. The van der Waals surface area contributed by atoms with Gasteiger partial charge >= 0.3 is 0 Å². The maximum absolute atomic E-state index is 13.4. The van der Waals surface area contributed by atoms with E-state index in [1.54, 1.807) is 6.20 Å². The molecule has 2 rings (SSSR count). The molecule has 3 nitrogen and oxygen atoms in total. The van der Waals surface area contributed by atoms with E-state index in [0.29, 0.717) is 0 Å². The van der Waals surface area contributed by atoms with Crippen LogP contribution in [0.4, 0.5) is 4.39 Å². The molecule has 1 unspecified atom stereocenters. The Balaban J connectivity index is 2.41. The van der Waals surface area contributed by atoms with Crippen LogP contribution in [0, 0.1) is 12.7 Å². The smallest absolute Gasteiger partial charge is 0.123 e. The highest BCUT2D eigenvalue weighted by atomic mass is 19.1. The Bertz CT molecular complexity index is 525. The van der Waals surface area contributed by atoms with Crippen LogP contribution < -0.4 is 5.73 Å². The van der Waals surface area contributed by atoms with Crippen molar-refractivity contribution in [2.45, 2.75) is 32.9 Å². The van der Waals surface area contributed by atoms with E-state index in [2.05, 4.69) is 5.10 Å². The van der Waals surface area contributed by atoms with Crippen molar-refractivity contribution in [2.24, 2.45) is 5.73 Å². The molecule has 2 aromatic rings. The fourth-order valence-electron chi connectivity index (χ4n) is 2.12. The molecule has 0 aliphatic heterocycles. The van der Waals surface area contributed by atoms with Crippen LogP contribution in [0.3, 0.4) is 0 Å². The number of hydrogen-bond acceptors (Lipinski definition) is 2. The van der Waals surface area contributed by atoms with E-state index in [1.165, 1.54) is 12.1 Å². The van der Waals surface area contributed by atoms with E-state index in [0.717, 1.165) is 16.8 Å². The van der Waals surface area contributed by atoms with Gasteiger partial charge in [-0.2, -0.15) is 5.10 Å². The van der Waals surface area contributed by atoms with Crippen LogP contribution in [0.1, 0.15) is 42.8 Å². The minimum atomic E-state index is -0.357. The van der Waals surface area contributed by atoms with Crippen molar-refractivity contribution in [3.8, 4) is 0 Å². The highest BCUT2D eigenvalue weighted by Gasteiger charge is 2.16. The highest BCUT2D eigenvalue weighted by Crippen LogP contribution is 2.23. The number of nitrogens with zero attached hydrogens (tertiary/aromatic N) is 2. The summed E-state index contributed by atoms with van der Waals surface area (Å²) in [4.78, 5) is 0. The van der Waals surface area contributed by atoms with Gasteiger partial charge < -0.3 is 5.73 Å². The Hall–Kier alpha value is -1.68. The van der Waals surface area contributed by atoms with Crippen LogP contribution in [0.25, 0.3) is 0 Å². The number of nitrogens with two attached hydrogens (primary N) is 1. The number of benzene rings is 1. The Morgan fingerprint density at radius 3 is 2.61 bits per heavy atom. The molecule has 18 heavy (non-hydrogen) atoms. The first-order chi connectivity index (χ1) is 8.49. The van der Waals surface area contributed by atoms with Crippen molar-refractivity contribution in [2.75, 3.05) is 0 Å². The molecule has 96 valence electrons. The van der Waals surface area contributed by atoms with Crippen molar-refractivity contribution in [1.29, 1.82) is 0 Å². The van der Waals surface area contributed by atoms with Crippen molar-refractivity contribution in [1.82, 2.24) is 9.78 Å². The van der Waals surface area contributed by atoms with Gasteiger partial charge in [0.15, 0.2) is 0 Å². The molecule has 1 heterocycles.